The molecule has 0 fully saturated rings. The lowest BCUT2D eigenvalue weighted by atomic mass is 9.91. The number of hydrogen-bond acceptors (Lipinski definition) is 4. The number of nitrogens with zero attached hydrogens (tertiary/aromatic N) is 2. The Morgan fingerprint density at radius 2 is 1.95 bits per heavy atom. The van der Waals surface area contributed by atoms with Gasteiger partial charge in [-0.25, -0.2) is 14.8 Å². The third-order valence-corrected chi connectivity index (χ3v) is 4.06. The Hall–Kier alpha value is -1.40. The lowest BCUT2D eigenvalue weighted by molar-refractivity contribution is 0.0696. The number of carboxylic acids is 1. The molecule has 6 heteroatoms. The molecule has 2 aromatic heterocycles. The first kappa shape index (κ1) is 16.0. The number of aromatic nitrogens is 2. The van der Waals surface area contributed by atoms with Crippen molar-refractivity contribution in [3.63, 3.8) is 0 Å². The van der Waals surface area contributed by atoms with Gasteiger partial charge in [-0.3, -0.25) is 0 Å². The number of hydrogen-bond donors (Lipinski definition) is 1. The van der Waals surface area contributed by atoms with Crippen molar-refractivity contribution in [1.82, 2.24) is 9.97 Å². The summed E-state index contributed by atoms with van der Waals surface area (Å²) in [5, 5.41) is 10.6. The fourth-order valence-corrected chi connectivity index (χ4v) is 2.62. The standard InChI is InChI=1S/C15H15BrN2O2S/c1-15(2,3)11-6-9(14(19)20)7-13(18-11)21-12-5-4-10(16)8-17-12/h4-8H,1-3H3,(H,19,20). The molecule has 0 aliphatic heterocycles. The van der Waals surface area contributed by atoms with E-state index in [1.807, 2.05) is 32.9 Å². The van der Waals surface area contributed by atoms with Gasteiger partial charge in [0, 0.05) is 21.8 Å². The third kappa shape index (κ3) is 4.28. The normalized spacial score (nSPS) is 11.4. The number of pyridine rings is 2. The number of halogens is 1. The van der Waals surface area contributed by atoms with Crippen LogP contribution in [0, 0.1) is 0 Å². The second-order valence-electron chi connectivity index (χ2n) is 5.55. The highest BCUT2D eigenvalue weighted by molar-refractivity contribution is 9.10. The maximum absolute atomic E-state index is 11.3. The molecule has 0 saturated carbocycles. The highest BCUT2D eigenvalue weighted by atomic mass is 79.9. The van der Waals surface area contributed by atoms with Crippen LogP contribution >= 0.6 is 27.7 Å². The van der Waals surface area contributed by atoms with E-state index in [-0.39, 0.29) is 11.0 Å². The fraction of sp³-hybridized carbons (Fsp3) is 0.267. The molecule has 0 aliphatic carbocycles. The molecule has 0 spiro atoms. The van der Waals surface area contributed by atoms with Gasteiger partial charge in [0.25, 0.3) is 0 Å². The Balaban J connectivity index is 2.40. The van der Waals surface area contributed by atoms with E-state index >= 15 is 0 Å². The molecule has 0 aromatic carbocycles. The molecule has 4 nitrogen and oxygen atoms in total. The van der Waals surface area contributed by atoms with Gasteiger partial charge in [0.15, 0.2) is 0 Å². The second-order valence-corrected chi connectivity index (χ2v) is 7.51. The predicted molar refractivity (Wildman–Crippen MR) is 86.0 cm³/mol. The summed E-state index contributed by atoms with van der Waals surface area (Å²) >= 11 is 4.69. The Labute approximate surface area is 136 Å². The van der Waals surface area contributed by atoms with Crippen LogP contribution in [0.3, 0.4) is 0 Å². The van der Waals surface area contributed by atoms with E-state index in [1.54, 1.807) is 18.3 Å². The van der Waals surface area contributed by atoms with E-state index in [9.17, 15) is 9.90 Å². The minimum Gasteiger partial charge on any atom is -0.478 e. The molecule has 0 atom stereocenters. The van der Waals surface area contributed by atoms with Crippen LogP contribution in [0.1, 0.15) is 36.8 Å². The van der Waals surface area contributed by atoms with Gasteiger partial charge in [-0.1, -0.05) is 32.5 Å². The van der Waals surface area contributed by atoms with E-state index in [0.29, 0.717) is 5.03 Å². The topological polar surface area (TPSA) is 63.1 Å². The van der Waals surface area contributed by atoms with Gasteiger partial charge in [0.05, 0.1) is 5.56 Å². The molecule has 0 aliphatic rings. The van der Waals surface area contributed by atoms with E-state index in [1.165, 1.54) is 11.8 Å². The quantitative estimate of drug-likeness (QED) is 0.872. The maximum atomic E-state index is 11.3. The predicted octanol–water partition coefficient (Wildman–Crippen LogP) is 4.39. The first-order valence-electron chi connectivity index (χ1n) is 6.31. The highest BCUT2D eigenvalue weighted by Crippen LogP contribution is 2.29. The third-order valence-electron chi connectivity index (χ3n) is 2.73. The van der Waals surface area contributed by atoms with Crippen LogP contribution in [0.5, 0.6) is 0 Å². The zero-order chi connectivity index (χ0) is 15.6. The van der Waals surface area contributed by atoms with Crippen LogP contribution in [-0.4, -0.2) is 21.0 Å². The number of carbonyl (C=O) groups is 1. The summed E-state index contributed by atoms with van der Waals surface area (Å²) in [4.78, 5) is 20.1. The summed E-state index contributed by atoms with van der Waals surface area (Å²) in [7, 11) is 0. The first-order chi connectivity index (χ1) is 9.75. The molecule has 1 N–H and O–H groups in total. The molecule has 0 bridgehead atoms. The van der Waals surface area contributed by atoms with Crippen molar-refractivity contribution in [2.45, 2.75) is 36.2 Å². The Morgan fingerprint density at radius 3 is 2.48 bits per heavy atom. The van der Waals surface area contributed by atoms with Gasteiger partial charge in [0.1, 0.15) is 10.1 Å². The van der Waals surface area contributed by atoms with Gasteiger partial charge in [0.2, 0.25) is 0 Å². The van der Waals surface area contributed by atoms with Crippen molar-refractivity contribution in [2.24, 2.45) is 0 Å². The Bertz CT molecular complexity index is 666. The van der Waals surface area contributed by atoms with Crippen molar-refractivity contribution in [1.29, 1.82) is 0 Å². The summed E-state index contributed by atoms with van der Waals surface area (Å²) in [6.45, 7) is 6.02. The minimum absolute atomic E-state index is 0.214. The van der Waals surface area contributed by atoms with E-state index in [0.717, 1.165) is 15.2 Å². The highest BCUT2D eigenvalue weighted by Gasteiger charge is 2.19. The average Bonchev–Trinajstić information content (AvgIpc) is 2.40. The number of aromatic carboxylic acids is 1. The number of rotatable bonds is 3. The first-order valence-corrected chi connectivity index (χ1v) is 7.92. The van der Waals surface area contributed by atoms with Crippen LogP contribution < -0.4 is 0 Å². The summed E-state index contributed by atoms with van der Waals surface area (Å²) in [6.07, 6.45) is 1.70. The summed E-state index contributed by atoms with van der Waals surface area (Å²) < 4.78 is 0.898. The molecule has 110 valence electrons. The smallest absolute Gasteiger partial charge is 0.335 e. The lowest BCUT2D eigenvalue weighted by Crippen LogP contribution is -2.15. The van der Waals surface area contributed by atoms with Crippen LogP contribution in [0.25, 0.3) is 0 Å². The van der Waals surface area contributed by atoms with Crippen LogP contribution in [0.15, 0.2) is 45.0 Å². The maximum Gasteiger partial charge on any atom is 0.335 e. The van der Waals surface area contributed by atoms with Gasteiger partial charge in [-0.15, -0.1) is 0 Å². The summed E-state index contributed by atoms with van der Waals surface area (Å²) in [5.74, 6) is -0.950. The molecular formula is C15H15BrN2O2S. The molecule has 2 rings (SSSR count). The summed E-state index contributed by atoms with van der Waals surface area (Å²) in [6, 6.07) is 6.95. The zero-order valence-electron chi connectivity index (χ0n) is 11.9. The molecule has 0 amide bonds. The van der Waals surface area contributed by atoms with Crippen LogP contribution in [0.2, 0.25) is 0 Å². The summed E-state index contributed by atoms with van der Waals surface area (Å²) in [5.41, 5.74) is 0.782. The van der Waals surface area contributed by atoms with E-state index in [2.05, 4.69) is 25.9 Å². The van der Waals surface area contributed by atoms with E-state index in [4.69, 9.17) is 0 Å². The van der Waals surface area contributed by atoms with Crippen molar-refractivity contribution < 1.29 is 9.90 Å². The van der Waals surface area contributed by atoms with Crippen molar-refractivity contribution in [3.05, 3.63) is 46.2 Å². The minimum atomic E-state index is -0.950. The van der Waals surface area contributed by atoms with Gasteiger partial charge >= 0.3 is 5.97 Å². The van der Waals surface area contributed by atoms with Gasteiger partial charge in [-0.05, 0) is 40.2 Å². The van der Waals surface area contributed by atoms with Gasteiger partial charge < -0.3 is 5.11 Å². The second kappa shape index (κ2) is 6.15. The average molecular weight is 367 g/mol. The Morgan fingerprint density at radius 1 is 1.24 bits per heavy atom. The van der Waals surface area contributed by atoms with Crippen LogP contribution in [-0.2, 0) is 5.41 Å². The fourth-order valence-electron chi connectivity index (χ4n) is 1.59. The molecule has 0 radical (unpaired) electrons. The van der Waals surface area contributed by atoms with Gasteiger partial charge in [-0.2, -0.15) is 0 Å². The van der Waals surface area contributed by atoms with Crippen molar-refractivity contribution in [2.75, 3.05) is 0 Å². The van der Waals surface area contributed by atoms with Crippen molar-refractivity contribution in [3.8, 4) is 0 Å². The molecule has 21 heavy (non-hydrogen) atoms. The van der Waals surface area contributed by atoms with Crippen molar-refractivity contribution >= 4 is 33.7 Å². The lowest BCUT2D eigenvalue weighted by Gasteiger charge is -2.19. The Kier molecular flexibility index (Phi) is 4.68. The monoisotopic (exact) mass is 366 g/mol. The van der Waals surface area contributed by atoms with Crippen LogP contribution in [0.4, 0.5) is 0 Å². The molecular weight excluding hydrogens is 352 g/mol. The largest absolute Gasteiger partial charge is 0.478 e. The SMILES string of the molecule is CC(C)(C)c1cc(C(=O)O)cc(Sc2ccc(Br)cn2)n1. The molecule has 2 aromatic rings. The van der Waals surface area contributed by atoms with E-state index < -0.39 is 5.97 Å². The molecule has 2 heterocycles. The number of carboxylic acid groups (broad SMARTS) is 1. The zero-order valence-corrected chi connectivity index (χ0v) is 14.3. The molecule has 0 saturated heterocycles. The molecule has 0 unspecified atom stereocenters.